The Labute approximate surface area is 87.6 Å². The Morgan fingerprint density at radius 2 is 2.17 bits per heavy atom. The Hall–Kier alpha value is 0.690. The van der Waals surface area contributed by atoms with E-state index in [9.17, 15) is 0 Å². The Bertz CT molecular complexity index is 230. The zero-order chi connectivity index (χ0) is 8.40. The van der Waals surface area contributed by atoms with Crippen LogP contribution in [0, 0.1) is 17.3 Å². The minimum atomic E-state index is 0.286. The molecule has 2 heteroatoms. The Kier molecular flexibility index (Phi) is 1.47. The van der Waals surface area contributed by atoms with E-state index in [2.05, 4.69) is 22.6 Å². The SMILES string of the molecule is NC12CC3CC1CC(CI)(C3)C2. The van der Waals surface area contributed by atoms with Gasteiger partial charge in [-0.3, -0.25) is 0 Å². The molecule has 4 rings (SSSR count). The molecular formula is C10H16IN. The quantitative estimate of drug-likeness (QED) is 0.577. The fourth-order valence-corrected chi connectivity index (χ4v) is 5.19. The van der Waals surface area contributed by atoms with Gasteiger partial charge < -0.3 is 5.73 Å². The first-order valence-corrected chi connectivity index (χ1v) is 6.53. The highest BCUT2D eigenvalue weighted by molar-refractivity contribution is 14.1. The van der Waals surface area contributed by atoms with Crippen molar-refractivity contribution in [2.75, 3.05) is 4.43 Å². The van der Waals surface area contributed by atoms with Crippen LogP contribution in [0.2, 0.25) is 0 Å². The molecule has 0 heterocycles. The summed E-state index contributed by atoms with van der Waals surface area (Å²) in [5.41, 5.74) is 7.41. The summed E-state index contributed by atoms with van der Waals surface area (Å²) in [6, 6.07) is 0. The van der Waals surface area contributed by atoms with E-state index in [-0.39, 0.29) is 5.54 Å². The van der Waals surface area contributed by atoms with E-state index in [1.807, 2.05) is 0 Å². The smallest absolute Gasteiger partial charge is 0.0191 e. The van der Waals surface area contributed by atoms with Crippen LogP contribution in [0.5, 0.6) is 0 Å². The number of nitrogens with two attached hydrogens (primary N) is 1. The van der Waals surface area contributed by atoms with Crippen LogP contribution in [-0.2, 0) is 0 Å². The Morgan fingerprint density at radius 1 is 1.33 bits per heavy atom. The topological polar surface area (TPSA) is 26.0 Å². The van der Waals surface area contributed by atoms with E-state index in [4.69, 9.17) is 5.73 Å². The molecule has 0 saturated heterocycles. The van der Waals surface area contributed by atoms with Gasteiger partial charge in [-0.15, -0.1) is 0 Å². The van der Waals surface area contributed by atoms with E-state index >= 15 is 0 Å². The molecule has 2 N–H and O–H groups in total. The zero-order valence-corrected chi connectivity index (χ0v) is 9.51. The molecular weight excluding hydrogens is 261 g/mol. The number of hydrogen-bond donors (Lipinski definition) is 1. The third kappa shape index (κ3) is 0.834. The maximum Gasteiger partial charge on any atom is 0.0191 e. The van der Waals surface area contributed by atoms with E-state index in [0.717, 1.165) is 11.8 Å². The van der Waals surface area contributed by atoms with Crippen LogP contribution in [0.3, 0.4) is 0 Å². The zero-order valence-electron chi connectivity index (χ0n) is 7.35. The van der Waals surface area contributed by atoms with E-state index < -0.39 is 0 Å². The first-order valence-electron chi connectivity index (χ1n) is 5.01. The van der Waals surface area contributed by atoms with Crippen molar-refractivity contribution in [2.24, 2.45) is 23.0 Å². The van der Waals surface area contributed by atoms with Gasteiger partial charge in [0.15, 0.2) is 0 Å². The van der Waals surface area contributed by atoms with Gasteiger partial charge in [0.2, 0.25) is 0 Å². The summed E-state index contributed by atoms with van der Waals surface area (Å²) < 4.78 is 1.34. The molecule has 4 fully saturated rings. The van der Waals surface area contributed by atoms with Crippen molar-refractivity contribution in [1.29, 1.82) is 0 Å². The number of alkyl halides is 1. The van der Waals surface area contributed by atoms with Crippen LogP contribution in [0.4, 0.5) is 0 Å². The molecule has 0 spiro atoms. The Balaban J connectivity index is 1.99. The van der Waals surface area contributed by atoms with Crippen molar-refractivity contribution in [1.82, 2.24) is 0 Å². The maximum atomic E-state index is 6.44. The van der Waals surface area contributed by atoms with Gasteiger partial charge in [0, 0.05) is 9.97 Å². The lowest BCUT2D eigenvalue weighted by Crippen LogP contribution is -2.42. The first kappa shape index (κ1) is 8.04. The monoisotopic (exact) mass is 277 g/mol. The molecule has 0 aliphatic heterocycles. The minimum absolute atomic E-state index is 0.286. The van der Waals surface area contributed by atoms with Crippen molar-refractivity contribution >= 4 is 22.6 Å². The summed E-state index contributed by atoms with van der Waals surface area (Å²) in [5, 5.41) is 0. The molecule has 4 aliphatic carbocycles. The van der Waals surface area contributed by atoms with Crippen LogP contribution in [0.25, 0.3) is 0 Å². The highest BCUT2D eigenvalue weighted by atomic mass is 127. The highest BCUT2D eigenvalue weighted by Crippen LogP contribution is 2.65. The molecule has 0 aromatic carbocycles. The number of rotatable bonds is 1. The van der Waals surface area contributed by atoms with E-state index in [1.165, 1.54) is 36.5 Å². The largest absolute Gasteiger partial charge is 0.325 e. The molecule has 0 aromatic rings. The van der Waals surface area contributed by atoms with Crippen molar-refractivity contribution < 1.29 is 0 Å². The number of halogens is 1. The summed E-state index contributed by atoms with van der Waals surface area (Å²) >= 11 is 2.57. The summed E-state index contributed by atoms with van der Waals surface area (Å²) in [6.45, 7) is 0. The number of hydrogen-bond acceptors (Lipinski definition) is 1. The van der Waals surface area contributed by atoms with Gasteiger partial charge in [-0.2, -0.15) is 0 Å². The van der Waals surface area contributed by atoms with E-state index in [1.54, 1.807) is 0 Å². The van der Waals surface area contributed by atoms with Gasteiger partial charge in [-0.05, 0) is 49.4 Å². The van der Waals surface area contributed by atoms with Crippen LogP contribution in [0.1, 0.15) is 32.1 Å². The molecule has 0 aromatic heterocycles. The fourth-order valence-electron chi connectivity index (χ4n) is 4.30. The van der Waals surface area contributed by atoms with Crippen LogP contribution in [-0.4, -0.2) is 9.97 Å². The lowest BCUT2D eigenvalue weighted by Gasteiger charge is -2.38. The summed E-state index contributed by atoms with van der Waals surface area (Å²) in [5.74, 6) is 1.89. The third-order valence-electron chi connectivity index (χ3n) is 4.49. The Morgan fingerprint density at radius 3 is 2.75 bits per heavy atom. The van der Waals surface area contributed by atoms with Gasteiger partial charge in [-0.1, -0.05) is 22.6 Å². The maximum absolute atomic E-state index is 6.44. The van der Waals surface area contributed by atoms with Crippen molar-refractivity contribution in [3.8, 4) is 0 Å². The lowest BCUT2D eigenvalue weighted by molar-refractivity contribution is 0.170. The average Bonchev–Trinajstić information content (AvgIpc) is 2.33. The van der Waals surface area contributed by atoms with Gasteiger partial charge in [-0.25, -0.2) is 0 Å². The van der Waals surface area contributed by atoms with Crippen LogP contribution in [0.15, 0.2) is 0 Å². The average molecular weight is 277 g/mol. The molecule has 4 atom stereocenters. The van der Waals surface area contributed by atoms with Crippen molar-refractivity contribution in [3.63, 3.8) is 0 Å². The molecule has 12 heavy (non-hydrogen) atoms. The third-order valence-corrected chi connectivity index (χ3v) is 6.11. The highest BCUT2D eigenvalue weighted by Gasteiger charge is 2.61. The van der Waals surface area contributed by atoms with Crippen molar-refractivity contribution in [3.05, 3.63) is 0 Å². The van der Waals surface area contributed by atoms with Gasteiger partial charge in [0.25, 0.3) is 0 Å². The molecule has 1 nitrogen and oxygen atoms in total. The minimum Gasteiger partial charge on any atom is -0.325 e. The second-order valence-corrected chi connectivity index (χ2v) is 6.22. The van der Waals surface area contributed by atoms with Gasteiger partial charge in [0.1, 0.15) is 0 Å². The first-order chi connectivity index (χ1) is 5.66. The fraction of sp³-hybridized carbons (Fsp3) is 1.00. The molecule has 4 unspecified atom stereocenters. The van der Waals surface area contributed by atoms with Crippen molar-refractivity contribution in [2.45, 2.75) is 37.6 Å². The summed E-state index contributed by atoms with van der Waals surface area (Å²) in [7, 11) is 0. The molecule has 4 bridgehead atoms. The molecule has 68 valence electrons. The normalized spacial score (nSPS) is 61.5. The van der Waals surface area contributed by atoms with E-state index in [0.29, 0.717) is 5.41 Å². The predicted octanol–water partition coefficient (Wildman–Crippen LogP) is 2.33. The van der Waals surface area contributed by atoms with Crippen LogP contribution >= 0.6 is 22.6 Å². The lowest BCUT2D eigenvalue weighted by atomic mass is 9.70. The van der Waals surface area contributed by atoms with Gasteiger partial charge >= 0.3 is 0 Å². The standard InChI is InChI=1S/C10H16IN/c11-6-9-2-7-1-8(4-9)10(12,3-7)5-9/h7-8H,1-6,12H2. The molecule has 0 amide bonds. The second-order valence-electron chi connectivity index (χ2n) is 5.45. The molecule has 0 radical (unpaired) electrons. The van der Waals surface area contributed by atoms with Crippen LogP contribution < -0.4 is 5.73 Å². The van der Waals surface area contributed by atoms with Gasteiger partial charge in [0.05, 0.1) is 0 Å². The molecule has 4 saturated carbocycles. The second kappa shape index (κ2) is 2.19. The summed E-state index contributed by atoms with van der Waals surface area (Å²) in [4.78, 5) is 0. The predicted molar refractivity (Wildman–Crippen MR) is 58.3 cm³/mol. The molecule has 4 aliphatic rings. The summed E-state index contributed by atoms with van der Waals surface area (Å²) in [6.07, 6.45) is 7.07.